The van der Waals surface area contributed by atoms with E-state index in [1.165, 1.54) is 51.6 Å². The van der Waals surface area contributed by atoms with Crippen LogP contribution in [0.2, 0.25) is 0 Å². The molecule has 84 valence electrons. The largest absolute Gasteiger partial charge is 0.317 e. The minimum Gasteiger partial charge on any atom is -0.317 e. The molecule has 0 saturated heterocycles. The van der Waals surface area contributed by atoms with Crippen LogP contribution in [0.1, 0.15) is 52.4 Å². The van der Waals surface area contributed by atoms with Gasteiger partial charge in [0.15, 0.2) is 0 Å². The smallest absolute Gasteiger partial charge is 0.00488 e. The third-order valence-corrected chi connectivity index (χ3v) is 2.40. The van der Waals surface area contributed by atoms with Crippen molar-refractivity contribution in [1.82, 2.24) is 5.32 Å². The van der Waals surface area contributed by atoms with E-state index < -0.39 is 0 Å². The van der Waals surface area contributed by atoms with Crippen molar-refractivity contribution >= 4 is 0 Å². The van der Waals surface area contributed by atoms with E-state index in [1.807, 2.05) is 6.08 Å². The molecule has 0 aliphatic carbocycles. The van der Waals surface area contributed by atoms with Crippen LogP contribution in [-0.4, -0.2) is 13.1 Å². The fourth-order valence-electron chi connectivity index (χ4n) is 1.48. The molecular weight excluding hydrogens is 170 g/mol. The van der Waals surface area contributed by atoms with Gasteiger partial charge in [-0.05, 0) is 51.1 Å². The molecule has 1 N–H and O–H groups in total. The van der Waals surface area contributed by atoms with Gasteiger partial charge in [0.2, 0.25) is 0 Å². The Bertz CT molecular complexity index is 118. The second-order valence-electron chi connectivity index (χ2n) is 4.42. The predicted octanol–water partition coefficient (Wildman–Crippen LogP) is 3.76. The van der Waals surface area contributed by atoms with Crippen LogP contribution in [0.4, 0.5) is 0 Å². The van der Waals surface area contributed by atoms with Crippen molar-refractivity contribution in [2.75, 3.05) is 13.1 Å². The van der Waals surface area contributed by atoms with Crippen molar-refractivity contribution in [3.05, 3.63) is 12.7 Å². The third-order valence-electron chi connectivity index (χ3n) is 2.40. The maximum absolute atomic E-state index is 3.72. The summed E-state index contributed by atoms with van der Waals surface area (Å²) >= 11 is 0. The van der Waals surface area contributed by atoms with Crippen LogP contribution >= 0.6 is 0 Å². The first-order valence-corrected chi connectivity index (χ1v) is 6.09. The van der Waals surface area contributed by atoms with Gasteiger partial charge in [-0.3, -0.25) is 0 Å². The van der Waals surface area contributed by atoms with E-state index in [-0.39, 0.29) is 0 Å². The molecule has 0 radical (unpaired) electrons. The minimum atomic E-state index is 0.851. The highest BCUT2D eigenvalue weighted by molar-refractivity contribution is 4.65. The van der Waals surface area contributed by atoms with Crippen LogP contribution in [0.25, 0.3) is 0 Å². The van der Waals surface area contributed by atoms with Crippen molar-refractivity contribution in [1.29, 1.82) is 0 Å². The quantitative estimate of drug-likeness (QED) is 0.415. The van der Waals surface area contributed by atoms with Gasteiger partial charge in [-0.25, -0.2) is 0 Å². The average molecular weight is 197 g/mol. The zero-order valence-corrected chi connectivity index (χ0v) is 10.0. The molecule has 0 amide bonds. The van der Waals surface area contributed by atoms with Gasteiger partial charge < -0.3 is 5.32 Å². The van der Waals surface area contributed by atoms with E-state index in [0.717, 1.165) is 5.92 Å². The summed E-state index contributed by atoms with van der Waals surface area (Å²) in [5, 5.41) is 3.49. The molecular formula is C13H27N. The Balaban J connectivity index is 2.88. The summed E-state index contributed by atoms with van der Waals surface area (Å²) < 4.78 is 0. The van der Waals surface area contributed by atoms with Gasteiger partial charge >= 0.3 is 0 Å². The highest BCUT2D eigenvalue weighted by Gasteiger charge is 1.93. The molecule has 0 saturated carbocycles. The van der Waals surface area contributed by atoms with Crippen LogP contribution < -0.4 is 5.32 Å². The highest BCUT2D eigenvalue weighted by atomic mass is 14.8. The fraction of sp³-hybridized carbons (Fsp3) is 0.846. The van der Waals surface area contributed by atoms with Crippen molar-refractivity contribution < 1.29 is 0 Å². The molecule has 0 unspecified atom stereocenters. The first-order chi connectivity index (χ1) is 6.77. The maximum Gasteiger partial charge on any atom is -0.00488 e. The molecule has 0 rings (SSSR count). The monoisotopic (exact) mass is 197 g/mol. The second kappa shape index (κ2) is 10.8. The van der Waals surface area contributed by atoms with E-state index >= 15 is 0 Å². The van der Waals surface area contributed by atoms with Gasteiger partial charge in [-0.15, -0.1) is 6.58 Å². The number of unbranched alkanes of at least 4 members (excludes halogenated alkanes) is 3. The fourth-order valence-corrected chi connectivity index (χ4v) is 1.48. The van der Waals surface area contributed by atoms with E-state index in [9.17, 15) is 0 Å². The Kier molecular flexibility index (Phi) is 10.5. The minimum absolute atomic E-state index is 0.851. The van der Waals surface area contributed by atoms with Gasteiger partial charge in [0.05, 0.1) is 0 Å². The zero-order chi connectivity index (χ0) is 10.6. The number of hydrogen-bond donors (Lipinski definition) is 1. The molecule has 0 aromatic carbocycles. The average Bonchev–Trinajstić information content (AvgIpc) is 2.15. The zero-order valence-electron chi connectivity index (χ0n) is 10.0. The lowest BCUT2D eigenvalue weighted by Gasteiger charge is -2.06. The van der Waals surface area contributed by atoms with Crippen LogP contribution in [0.15, 0.2) is 12.7 Å². The Labute approximate surface area is 90.0 Å². The lowest BCUT2D eigenvalue weighted by atomic mass is 10.1. The molecule has 0 fully saturated rings. The molecule has 0 bridgehead atoms. The van der Waals surface area contributed by atoms with Gasteiger partial charge in [0.25, 0.3) is 0 Å². The molecule has 0 aromatic rings. The van der Waals surface area contributed by atoms with Crippen molar-refractivity contribution in [3.8, 4) is 0 Å². The molecule has 0 heterocycles. The Morgan fingerprint density at radius 1 is 1.07 bits per heavy atom. The number of rotatable bonds is 10. The van der Waals surface area contributed by atoms with Crippen LogP contribution in [0.3, 0.4) is 0 Å². The number of hydrogen-bond acceptors (Lipinski definition) is 1. The summed E-state index contributed by atoms with van der Waals surface area (Å²) in [6.45, 7) is 10.7. The molecule has 1 nitrogen and oxygen atoms in total. The Morgan fingerprint density at radius 2 is 1.79 bits per heavy atom. The standard InChI is InChI=1S/C13H27N/c1-4-5-6-7-8-11-14-12-9-10-13(2)3/h4,13-14H,1,5-12H2,2-3H3. The Hall–Kier alpha value is -0.300. The summed E-state index contributed by atoms with van der Waals surface area (Å²) in [7, 11) is 0. The molecule has 0 atom stereocenters. The first kappa shape index (κ1) is 13.7. The predicted molar refractivity (Wildman–Crippen MR) is 65.6 cm³/mol. The molecule has 0 spiro atoms. The highest BCUT2D eigenvalue weighted by Crippen LogP contribution is 2.02. The van der Waals surface area contributed by atoms with E-state index in [1.54, 1.807) is 0 Å². The summed E-state index contributed by atoms with van der Waals surface area (Å²) in [4.78, 5) is 0. The molecule has 14 heavy (non-hydrogen) atoms. The molecule has 0 aliphatic heterocycles. The van der Waals surface area contributed by atoms with E-state index in [2.05, 4.69) is 25.7 Å². The van der Waals surface area contributed by atoms with Crippen LogP contribution in [0.5, 0.6) is 0 Å². The van der Waals surface area contributed by atoms with Gasteiger partial charge in [0.1, 0.15) is 0 Å². The topological polar surface area (TPSA) is 12.0 Å². The SMILES string of the molecule is C=CCCCCCNCCCC(C)C. The summed E-state index contributed by atoms with van der Waals surface area (Å²) in [6.07, 6.45) is 9.81. The van der Waals surface area contributed by atoms with E-state index in [4.69, 9.17) is 0 Å². The summed E-state index contributed by atoms with van der Waals surface area (Å²) in [5.41, 5.74) is 0. The molecule has 1 heteroatoms. The molecule has 0 aromatic heterocycles. The van der Waals surface area contributed by atoms with Crippen LogP contribution in [0, 0.1) is 5.92 Å². The van der Waals surface area contributed by atoms with Gasteiger partial charge in [-0.2, -0.15) is 0 Å². The lowest BCUT2D eigenvalue weighted by molar-refractivity contribution is 0.519. The summed E-state index contributed by atoms with van der Waals surface area (Å²) in [5.74, 6) is 0.851. The van der Waals surface area contributed by atoms with Gasteiger partial charge in [-0.1, -0.05) is 26.3 Å². The van der Waals surface area contributed by atoms with E-state index in [0.29, 0.717) is 0 Å². The second-order valence-corrected chi connectivity index (χ2v) is 4.42. The maximum atomic E-state index is 3.72. The first-order valence-electron chi connectivity index (χ1n) is 6.09. The van der Waals surface area contributed by atoms with Crippen molar-refractivity contribution in [2.24, 2.45) is 5.92 Å². The lowest BCUT2D eigenvalue weighted by Crippen LogP contribution is -2.17. The Morgan fingerprint density at radius 3 is 2.43 bits per heavy atom. The molecule has 0 aliphatic rings. The van der Waals surface area contributed by atoms with Crippen molar-refractivity contribution in [3.63, 3.8) is 0 Å². The number of nitrogens with one attached hydrogen (secondary N) is 1. The van der Waals surface area contributed by atoms with Crippen LogP contribution in [-0.2, 0) is 0 Å². The number of allylic oxidation sites excluding steroid dienone is 1. The third kappa shape index (κ3) is 11.7. The normalized spacial score (nSPS) is 10.8. The van der Waals surface area contributed by atoms with Gasteiger partial charge in [0, 0.05) is 0 Å². The summed E-state index contributed by atoms with van der Waals surface area (Å²) in [6, 6.07) is 0. The van der Waals surface area contributed by atoms with Crippen molar-refractivity contribution in [2.45, 2.75) is 52.4 Å².